The van der Waals surface area contributed by atoms with Crippen molar-refractivity contribution < 1.29 is 17.9 Å². The minimum Gasteiger partial charge on any atom is -0.482 e. The molecule has 1 aliphatic rings. The molecule has 1 saturated heterocycles. The maximum atomic E-state index is 12.4. The van der Waals surface area contributed by atoms with Crippen LogP contribution in [0.3, 0.4) is 0 Å². The van der Waals surface area contributed by atoms with E-state index >= 15 is 0 Å². The van der Waals surface area contributed by atoms with E-state index in [0.717, 1.165) is 12.8 Å². The number of sulfonamides is 1. The van der Waals surface area contributed by atoms with Gasteiger partial charge in [0.25, 0.3) is 5.91 Å². The predicted octanol–water partition coefficient (Wildman–Crippen LogP) is 1.64. The van der Waals surface area contributed by atoms with E-state index in [2.05, 4.69) is 5.32 Å². The molecule has 8 heteroatoms. The Morgan fingerprint density at radius 3 is 2.64 bits per heavy atom. The highest BCUT2D eigenvalue weighted by Gasteiger charge is 2.27. The Bertz CT molecular complexity index is 642. The van der Waals surface area contributed by atoms with E-state index in [1.165, 1.54) is 22.5 Å². The number of rotatable bonds is 6. The third-order valence-electron chi connectivity index (χ3n) is 3.34. The van der Waals surface area contributed by atoms with E-state index in [1.807, 2.05) is 6.92 Å². The Morgan fingerprint density at radius 2 is 2.05 bits per heavy atom. The van der Waals surface area contributed by atoms with Gasteiger partial charge in [0.15, 0.2) is 6.61 Å². The standard InChI is InChI=1S/C14H19ClN2O4S/c1-2-16-14(18)10-21-13-6-5-11(9-12(13)15)22(19,20)17-7-3-4-8-17/h5-6,9H,2-4,7-8,10H2,1H3,(H,16,18). The van der Waals surface area contributed by atoms with E-state index < -0.39 is 10.0 Å². The van der Waals surface area contributed by atoms with Crippen molar-refractivity contribution in [3.05, 3.63) is 23.2 Å². The van der Waals surface area contributed by atoms with Gasteiger partial charge in [0.2, 0.25) is 10.0 Å². The molecule has 0 aliphatic carbocycles. The molecule has 0 radical (unpaired) electrons. The van der Waals surface area contributed by atoms with Crippen molar-refractivity contribution in [3.63, 3.8) is 0 Å². The van der Waals surface area contributed by atoms with Crippen molar-refractivity contribution in [2.75, 3.05) is 26.2 Å². The highest BCUT2D eigenvalue weighted by atomic mass is 35.5. The van der Waals surface area contributed by atoms with Crippen LogP contribution < -0.4 is 10.1 Å². The summed E-state index contributed by atoms with van der Waals surface area (Å²) in [6.45, 7) is 3.24. The number of nitrogens with zero attached hydrogens (tertiary/aromatic N) is 1. The average Bonchev–Trinajstić information content (AvgIpc) is 3.01. The highest BCUT2D eigenvalue weighted by molar-refractivity contribution is 7.89. The van der Waals surface area contributed by atoms with Crippen LogP contribution in [0, 0.1) is 0 Å². The minimum atomic E-state index is -3.50. The van der Waals surface area contributed by atoms with Crippen molar-refractivity contribution in [1.29, 1.82) is 0 Å². The Kier molecular flexibility index (Phi) is 5.66. The number of carbonyl (C=O) groups is 1. The molecule has 0 aromatic heterocycles. The summed E-state index contributed by atoms with van der Waals surface area (Å²) in [7, 11) is -3.50. The average molecular weight is 347 g/mol. The molecule has 1 aromatic carbocycles. The highest BCUT2D eigenvalue weighted by Crippen LogP contribution is 2.29. The van der Waals surface area contributed by atoms with E-state index in [4.69, 9.17) is 16.3 Å². The Morgan fingerprint density at radius 1 is 1.36 bits per heavy atom. The van der Waals surface area contributed by atoms with Crippen molar-refractivity contribution >= 4 is 27.5 Å². The second-order valence-corrected chi connectivity index (χ2v) is 7.29. The maximum Gasteiger partial charge on any atom is 0.257 e. The molecule has 1 N–H and O–H groups in total. The minimum absolute atomic E-state index is 0.143. The molecule has 1 heterocycles. The topological polar surface area (TPSA) is 75.7 Å². The fourth-order valence-corrected chi connectivity index (χ4v) is 4.07. The quantitative estimate of drug-likeness (QED) is 0.849. The molecule has 122 valence electrons. The van der Waals surface area contributed by atoms with E-state index in [1.54, 1.807) is 0 Å². The molecule has 0 atom stereocenters. The number of amides is 1. The lowest BCUT2D eigenvalue weighted by Gasteiger charge is -2.16. The third-order valence-corrected chi connectivity index (χ3v) is 5.53. The molecule has 1 amide bonds. The SMILES string of the molecule is CCNC(=O)COc1ccc(S(=O)(=O)N2CCCC2)cc1Cl. The molecule has 1 fully saturated rings. The molecule has 0 spiro atoms. The van der Waals surface area contributed by atoms with Gasteiger partial charge in [-0.1, -0.05) is 11.6 Å². The van der Waals surface area contributed by atoms with Crippen LogP contribution in [0.15, 0.2) is 23.1 Å². The summed E-state index contributed by atoms with van der Waals surface area (Å²) in [6, 6.07) is 4.29. The van der Waals surface area contributed by atoms with Gasteiger partial charge in [-0.2, -0.15) is 4.31 Å². The normalized spacial score (nSPS) is 15.7. The van der Waals surface area contributed by atoms with Gasteiger partial charge < -0.3 is 10.1 Å². The first-order valence-electron chi connectivity index (χ1n) is 7.14. The third kappa shape index (κ3) is 3.91. The number of nitrogens with one attached hydrogen (secondary N) is 1. The number of hydrogen-bond acceptors (Lipinski definition) is 4. The van der Waals surface area contributed by atoms with Crippen LogP contribution in [0.4, 0.5) is 0 Å². The number of hydrogen-bond donors (Lipinski definition) is 1. The lowest BCUT2D eigenvalue weighted by atomic mass is 10.3. The van der Waals surface area contributed by atoms with Gasteiger partial charge in [-0.25, -0.2) is 8.42 Å². The van der Waals surface area contributed by atoms with Crippen molar-refractivity contribution in [2.45, 2.75) is 24.7 Å². The van der Waals surface area contributed by atoms with Crippen LogP contribution in [0.5, 0.6) is 5.75 Å². The Hall–Kier alpha value is -1.31. The molecule has 1 aromatic rings. The summed E-state index contributed by atoms with van der Waals surface area (Å²) in [4.78, 5) is 11.5. The summed E-state index contributed by atoms with van der Waals surface area (Å²) in [5.74, 6) is 0.0284. The van der Waals surface area contributed by atoms with Gasteiger partial charge in [0.1, 0.15) is 5.75 Å². The number of ether oxygens (including phenoxy) is 1. The van der Waals surface area contributed by atoms with E-state index in [0.29, 0.717) is 19.6 Å². The molecule has 2 rings (SSSR count). The first kappa shape index (κ1) is 17.1. The molecule has 22 heavy (non-hydrogen) atoms. The monoisotopic (exact) mass is 346 g/mol. The first-order valence-corrected chi connectivity index (χ1v) is 8.96. The van der Waals surface area contributed by atoms with Gasteiger partial charge in [0, 0.05) is 19.6 Å². The first-order chi connectivity index (χ1) is 10.4. The van der Waals surface area contributed by atoms with E-state index in [-0.39, 0.29) is 28.2 Å². The molecule has 0 saturated carbocycles. The van der Waals surface area contributed by atoms with Crippen LogP contribution in [0.2, 0.25) is 5.02 Å². The number of carbonyl (C=O) groups excluding carboxylic acids is 1. The van der Waals surface area contributed by atoms with Crippen LogP contribution in [0.25, 0.3) is 0 Å². The number of benzene rings is 1. The summed E-state index contributed by atoms with van der Waals surface area (Å²) < 4.78 is 31.6. The van der Waals surface area contributed by atoms with Gasteiger partial charge in [-0.05, 0) is 38.0 Å². The lowest BCUT2D eigenvalue weighted by molar-refractivity contribution is -0.122. The largest absolute Gasteiger partial charge is 0.482 e. The van der Waals surface area contributed by atoms with Crippen LogP contribution in [-0.2, 0) is 14.8 Å². The number of halogens is 1. The second kappa shape index (κ2) is 7.30. The maximum absolute atomic E-state index is 12.4. The van der Waals surface area contributed by atoms with Gasteiger partial charge >= 0.3 is 0 Å². The fourth-order valence-electron chi connectivity index (χ4n) is 2.23. The Labute approximate surface area is 135 Å². The van der Waals surface area contributed by atoms with Crippen molar-refractivity contribution in [3.8, 4) is 5.75 Å². The zero-order valence-corrected chi connectivity index (χ0v) is 13.9. The molecular formula is C14H19ClN2O4S. The molecular weight excluding hydrogens is 328 g/mol. The molecule has 1 aliphatic heterocycles. The summed E-state index contributed by atoms with van der Waals surface area (Å²) in [5.41, 5.74) is 0. The lowest BCUT2D eigenvalue weighted by Crippen LogP contribution is -2.28. The molecule has 0 unspecified atom stereocenters. The van der Waals surface area contributed by atoms with Gasteiger partial charge in [-0.3, -0.25) is 4.79 Å². The van der Waals surface area contributed by atoms with Crippen LogP contribution in [-0.4, -0.2) is 44.9 Å². The summed E-state index contributed by atoms with van der Waals surface area (Å²) >= 11 is 6.06. The summed E-state index contributed by atoms with van der Waals surface area (Å²) in [6.07, 6.45) is 1.75. The molecule has 0 bridgehead atoms. The summed E-state index contributed by atoms with van der Waals surface area (Å²) in [5, 5.41) is 2.77. The van der Waals surface area contributed by atoms with Crippen LogP contribution >= 0.6 is 11.6 Å². The second-order valence-electron chi connectivity index (χ2n) is 4.95. The fraction of sp³-hybridized carbons (Fsp3) is 0.500. The number of likely N-dealkylation sites (N-methyl/N-ethyl adjacent to an activating group) is 1. The zero-order chi connectivity index (χ0) is 16.2. The predicted molar refractivity (Wildman–Crippen MR) is 83.6 cm³/mol. The van der Waals surface area contributed by atoms with Crippen molar-refractivity contribution in [1.82, 2.24) is 9.62 Å². The van der Waals surface area contributed by atoms with E-state index in [9.17, 15) is 13.2 Å². The van der Waals surface area contributed by atoms with Crippen molar-refractivity contribution in [2.24, 2.45) is 0 Å². The zero-order valence-electron chi connectivity index (χ0n) is 12.3. The van der Waals surface area contributed by atoms with Gasteiger partial charge in [0.05, 0.1) is 9.92 Å². The Balaban J connectivity index is 2.10. The van der Waals surface area contributed by atoms with Gasteiger partial charge in [-0.15, -0.1) is 0 Å². The molecule has 6 nitrogen and oxygen atoms in total. The smallest absolute Gasteiger partial charge is 0.257 e. The van der Waals surface area contributed by atoms with Crippen LogP contribution in [0.1, 0.15) is 19.8 Å².